The number of hydrogen-bond donors (Lipinski definition) is 0. The van der Waals surface area contributed by atoms with Gasteiger partial charge in [0.05, 0.1) is 0 Å². The van der Waals surface area contributed by atoms with E-state index >= 15 is 0 Å². The third-order valence-corrected chi connectivity index (χ3v) is 2.76. The maximum absolute atomic E-state index is 2.35. The van der Waals surface area contributed by atoms with E-state index < -0.39 is 0 Å². The van der Waals surface area contributed by atoms with Gasteiger partial charge >= 0.3 is 0 Å². The smallest absolute Gasteiger partial charge is 0.0291 e. The second-order valence-electron chi connectivity index (χ2n) is 4.24. The third kappa shape index (κ3) is 4.31. The summed E-state index contributed by atoms with van der Waals surface area (Å²) in [4.78, 5) is 0. The Labute approximate surface area is 82.7 Å². The van der Waals surface area contributed by atoms with Gasteiger partial charge in [0, 0.05) is 0 Å². The topological polar surface area (TPSA) is 0 Å². The van der Waals surface area contributed by atoms with E-state index in [1.807, 2.05) is 0 Å². The van der Waals surface area contributed by atoms with Gasteiger partial charge in [0.2, 0.25) is 0 Å². The fourth-order valence-corrected chi connectivity index (χ4v) is 1.86. The van der Waals surface area contributed by atoms with Crippen LogP contribution in [0.1, 0.15) is 52.4 Å². The molecule has 0 aromatic heterocycles. The minimum Gasteiger partial charge on any atom is -0.0845 e. The number of allylic oxidation sites excluding steroid dienone is 4. The van der Waals surface area contributed by atoms with Crippen LogP contribution in [0.2, 0.25) is 0 Å². The molecule has 0 nitrogen and oxygen atoms in total. The first kappa shape index (κ1) is 10.6. The highest BCUT2D eigenvalue weighted by Gasteiger charge is 2.13. The predicted octanol–water partition coefficient (Wildman–Crippen LogP) is 4.48. The van der Waals surface area contributed by atoms with Gasteiger partial charge in [-0.15, -0.1) is 0 Å². The zero-order chi connectivity index (χ0) is 9.52. The predicted molar refractivity (Wildman–Crippen MR) is 59.8 cm³/mol. The van der Waals surface area contributed by atoms with Gasteiger partial charge in [-0.3, -0.25) is 0 Å². The summed E-state index contributed by atoms with van der Waals surface area (Å²) >= 11 is 0. The molecule has 13 heavy (non-hydrogen) atoms. The molecule has 0 aliphatic heterocycles. The van der Waals surface area contributed by atoms with Crippen LogP contribution in [0.5, 0.6) is 0 Å². The van der Waals surface area contributed by atoms with Crippen LogP contribution in [0.4, 0.5) is 0 Å². The molecule has 1 fully saturated rings. The fraction of sp³-hybridized carbons (Fsp3) is 0.692. The maximum atomic E-state index is 2.35. The molecule has 0 heteroatoms. The van der Waals surface area contributed by atoms with Gasteiger partial charge in [-0.1, -0.05) is 50.5 Å². The molecule has 0 N–H and O–H groups in total. The van der Waals surface area contributed by atoms with Crippen molar-refractivity contribution in [2.75, 3.05) is 0 Å². The summed E-state index contributed by atoms with van der Waals surface area (Å²) in [6.45, 7) is 4.59. The summed E-state index contributed by atoms with van der Waals surface area (Å²) in [6, 6.07) is 0. The van der Waals surface area contributed by atoms with Crippen molar-refractivity contribution in [3.05, 3.63) is 23.8 Å². The minimum atomic E-state index is 0.926. The van der Waals surface area contributed by atoms with Gasteiger partial charge in [0.25, 0.3) is 0 Å². The molecule has 0 aromatic rings. The summed E-state index contributed by atoms with van der Waals surface area (Å²) < 4.78 is 0. The van der Waals surface area contributed by atoms with E-state index in [9.17, 15) is 0 Å². The molecule has 0 aromatic carbocycles. The Bertz CT molecular complexity index is 186. The van der Waals surface area contributed by atoms with Crippen LogP contribution in [-0.2, 0) is 0 Å². The van der Waals surface area contributed by atoms with E-state index in [-0.39, 0.29) is 0 Å². The highest BCUT2D eigenvalue weighted by molar-refractivity contribution is 5.15. The first-order valence-corrected chi connectivity index (χ1v) is 5.67. The van der Waals surface area contributed by atoms with E-state index in [2.05, 4.69) is 32.1 Å². The Kier molecular flexibility index (Phi) is 4.88. The molecule has 0 amide bonds. The third-order valence-electron chi connectivity index (χ3n) is 2.76. The SMILES string of the molecule is CCCCC=CC=C1CCC(C)C1. The summed E-state index contributed by atoms with van der Waals surface area (Å²) in [7, 11) is 0. The summed E-state index contributed by atoms with van der Waals surface area (Å²) in [5.74, 6) is 0.926. The molecule has 1 aliphatic rings. The lowest BCUT2D eigenvalue weighted by atomic mass is 10.1. The van der Waals surface area contributed by atoms with Crippen molar-refractivity contribution in [1.29, 1.82) is 0 Å². The van der Waals surface area contributed by atoms with Gasteiger partial charge in [-0.05, 0) is 31.6 Å². The molecule has 0 heterocycles. The van der Waals surface area contributed by atoms with E-state index in [1.54, 1.807) is 5.57 Å². The van der Waals surface area contributed by atoms with Crippen molar-refractivity contribution in [3.63, 3.8) is 0 Å². The van der Waals surface area contributed by atoms with Crippen molar-refractivity contribution in [2.24, 2.45) is 5.92 Å². The Morgan fingerprint density at radius 1 is 1.46 bits per heavy atom. The second kappa shape index (κ2) is 6.01. The average molecular weight is 178 g/mol. The minimum absolute atomic E-state index is 0.926. The maximum Gasteiger partial charge on any atom is -0.0291 e. The molecule has 0 saturated heterocycles. The Morgan fingerprint density at radius 2 is 2.31 bits per heavy atom. The van der Waals surface area contributed by atoms with Crippen molar-refractivity contribution in [1.82, 2.24) is 0 Å². The molecule has 1 aliphatic carbocycles. The highest BCUT2D eigenvalue weighted by Crippen LogP contribution is 2.29. The van der Waals surface area contributed by atoms with Gasteiger partial charge in [0.15, 0.2) is 0 Å². The van der Waals surface area contributed by atoms with Crippen LogP contribution >= 0.6 is 0 Å². The highest BCUT2D eigenvalue weighted by atomic mass is 14.2. The Hall–Kier alpha value is -0.520. The molecule has 1 rings (SSSR count). The lowest BCUT2D eigenvalue weighted by molar-refractivity contribution is 0.620. The Morgan fingerprint density at radius 3 is 2.92 bits per heavy atom. The normalized spacial score (nSPS) is 26.3. The standard InChI is InChI=1S/C13H22/c1-3-4-5-6-7-8-13-10-9-12(2)11-13/h6-8,12H,3-5,9-11H2,1-2H3. The first-order valence-electron chi connectivity index (χ1n) is 5.67. The molecular weight excluding hydrogens is 156 g/mol. The molecule has 74 valence electrons. The van der Waals surface area contributed by atoms with Gasteiger partial charge < -0.3 is 0 Å². The largest absolute Gasteiger partial charge is 0.0845 e. The number of hydrogen-bond acceptors (Lipinski definition) is 0. The van der Waals surface area contributed by atoms with Crippen LogP contribution in [0.25, 0.3) is 0 Å². The molecule has 1 saturated carbocycles. The van der Waals surface area contributed by atoms with Crippen LogP contribution in [-0.4, -0.2) is 0 Å². The van der Waals surface area contributed by atoms with E-state index in [0.717, 1.165) is 5.92 Å². The van der Waals surface area contributed by atoms with Crippen LogP contribution < -0.4 is 0 Å². The van der Waals surface area contributed by atoms with Gasteiger partial charge in [0.1, 0.15) is 0 Å². The van der Waals surface area contributed by atoms with Crippen LogP contribution in [0.15, 0.2) is 23.8 Å². The lowest BCUT2D eigenvalue weighted by Gasteiger charge is -1.94. The van der Waals surface area contributed by atoms with Crippen LogP contribution in [0, 0.1) is 5.92 Å². The number of rotatable bonds is 4. The molecule has 1 unspecified atom stereocenters. The van der Waals surface area contributed by atoms with Crippen molar-refractivity contribution < 1.29 is 0 Å². The average Bonchev–Trinajstić information content (AvgIpc) is 2.51. The first-order chi connectivity index (χ1) is 6.33. The van der Waals surface area contributed by atoms with Crippen molar-refractivity contribution >= 4 is 0 Å². The van der Waals surface area contributed by atoms with E-state index in [1.165, 1.54) is 38.5 Å². The van der Waals surface area contributed by atoms with Gasteiger partial charge in [-0.2, -0.15) is 0 Å². The van der Waals surface area contributed by atoms with Crippen LogP contribution in [0.3, 0.4) is 0 Å². The second-order valence-corrected chi connectivity index (χ2v) is 4.24. The summed E-state index contributed by atoms with van der Waals surface area (Å²) in [6.07, 6.45) is 14.8. The number of unbranched alkanes of at least 4 members (excludes halogenated alkanes) is 2. The monoisotopic (exact) mass is 178 g/mol. The molecular formula is C13H22. The Balaban J connectivity index is 2.19. The zero-order valence-electron chi connectivity index (χ0n) is 9.05. The molecule has 1 atom stereocenters. The van der Waals surface area contributed by atoms with Gasteiger partial charge in [-0.25, -0.2) is 0 Å². The molecule has 0 spiro atoms. The lowest BCUT2D eigenvalue weighted by Crippen LogP contribution is -1.80. The molecule has 0 bridgehead atoms. The summed E-state index contributed by atoms with van der Waals surface area (Å²) in [5.41, 5.74) is 1.65. The zero-order valence-corrected chi connectivity index (χ0v) is 9.05. The van der Waals surface area contributed by atoms with E-state index in [4.69, 9.17) is 0 Å². The molecule has 0 radical (unpaired) electrons. The quantitative estimate of drug-likeness (QED) is 0.557. The van der Waals surface area contributed by atoms with Crippen molar-refractivity contribution in [3.8, 4) is 0 Å². The van der Waals surface area contributed by atoms with Crippen molar-refractivity contribution in [2.45, 2.75) is 52.4 Å². The fourth-order valence-electron chi connectivity index (χ4n) is 1.86. The summed E-state index contributed by atoms with van der Waals surface area (Å²) in [5, 5.41) is 0. The van der Waals surface area contributed by atoms with E-state index in [0.29, 0.717) is 0 Å².